The highest BCUT2D eigenvalue weighted by atomic mass is 16.6. The normalized spacial score (nSPS) is 11.9. The van der Waals surface area contributed by atoms with Gasteiger partial charge >= 0.3 is 6.09 Å². The third-order valence-corrected chi connectivity index (χ3v) is 3.40. The Morgan fingerprint density at radius 3 is 2.48 bits per heavy atom. The zero-order valence-electron chi connectivity index (χ0n) is 16.5. The van der Waals surface area contributed by atoms with Crippen molar-refractivity contribution in [1.82, 2.24) is 5.32 Å². The van der Waals surface area contributed by atoms with Crippen molar-refractivity contribution in [3.63, 3.8) is 0 Å². The van der Waals surface area contributed by atoms with Gasteiger partial charge in [0.15, 0.2) is 0 Å². The summed E-state index contributed by atoms with van der Waals surface area (Å²) in [5.41, 5.74) is 7.64. The van der Waals surface area contributed by atoms with Gasteiger partial charge in [-0.1, -0.05) is 36.4 Å². The van der Waals surface area contributed by atoms with Crippen LogP contribution in [-0.4, -0.2) is 24.1 Å². The molecular formula is C21H29N3O3. The van der Waals surface area contributed by atoms with Gasteiger partial charge in [-0.05, 0) is 52.3 Å². The number of alkyl carbamates (subject to hydrolysis) is 1. The van der Waals surface area contributed by atoms with E-state index < -0.39 is 11.7 Å². The molecule has 0 bridgehead atoms. The molecular weight excluding hydrogens is 342 g/mol. The zero-order chi connectivity index (χ0) is 20.4. The Kier molecular flexibility index (Phi) is 8.33. The molecule has 1 rings (SSSR count). The van der Waals surface area contributed by atoms with Crippen molar-refractivity contribution in [2.24, 2.45) is 0 Å². The lowest BCUT2D eigenvalue weighted by Crippen LogP contribution is -2.33. The number of amides is 2. The summed E-state index contributed by atoms with van der Waals surface area (Å²) in [6.07, 6.45) is 5.22. The van der Waals surface area contributed by atoms with Gasteiger partial charge in [-0.25, -0.2) is 4.79 Å². The summed E-state index contributed by atoms with van der Waals surface area (Å²) in [7, 11) is 0. The molecule has 0 aliphatic heterocycles. The number of carbonyl (C=O) groups is 2. The van der Waals surface area contributed by atoms with Crippen LogP contribution in [0.5, 0.6) is 0 Å². The van der Waals surface area contributed by atoms with Crippen molar-refractivity contribution < 1.29 is 14.3 Å². The summed E-state index contributed by atoms with van der Waals surface area (Å²) in [6.45, 7) is 11.5. The van der Waals surface area contributed by atoms with Crippen molar-refractivity contribution in [2.75, 3.05) is 17.6 Å². The van der Waals surface area contributed by atoms with E-state index in [1.165, 1.54) is 0 Å². The van der Waals surface area contributed by atoms with Crippen LogP contribution in [0.1, 0.15) is 34.1 Å². The van der Waals surface area contributed by atoms with E-state index in [0.717, 1.165) is 5.57 Å². The van der Waals surface area contributed by atoms with E-state index in [1.807, 2.05) is 0 Å². The van der Waals surface area contributed by atoms with Crippen molar-refractivity contribution in [1.29, 1.82) is 0 Å². The second-order valence-corrected chi connectivity index (χ2v) is 6.96. The number of nitrogens with two attached hydrogens (primary N) is 1. The fourth-order valence-electron chi connectivity index (χ4n) is 2.04. The van der Waals surface area contributed by atoms with E-state index in [4.69, 9.17) is 10.5 Å². The largest absolute Gasteiger partial charge is 0.444 e. The molecule has 0 radical (unpaired) electrons. The minimum atomic E-state index is -0.530. The topological polar surface area (TPSA) is 93.5 Å². The molecule has 0 saturated heterocycles. The molecule has 0 spiro atoms. The monoisotopic (exact) mass is 371 g/mol. The molecule has 0 heterocycles. The minimum absolute atomic E-state index is 0.258. The number of nitrogen functional groups attached to an aromatic ring is 1. The molecule has 0 saturated carbocycles. The van der Waals surface area contributed by atoms with Crippen LogP contribution >= 0.6 is 0 Å². The van der Waals surface area contributed by atoms with Crippen molar-refractivity contribution >= 4 is 23.4 Å². The predicted octanol–water partition coefficient (Wildman–Crippen LogP) is 4.18. The fourth-order valence-corrected chi connectivity index (χ4v) is 2.04. The second kappa shape index (κ2) is 10.2. The zero-order valence-corrected chi connectivity index (χ0v) is 16.5. The van der Waals surface area contributed by atoms with Crippen molar-refractivity contribution in [2.45, 2.75) is 39.7 Å². The molecule has 1 aromatic rings. The summed E-state index contributed by atoms with van der Waals surface area (Å²) >= 11 is 0. The van der Waals surface area contributed by atoms with E-state index in [2.05, 4.69) is 17.2 Å². The lowest BCUT2D eigenvalue weighted by molar-refractivity contribution is -0.112. The molecule has 0 aliphatic carbocycles. The van der Waals surface area contributed by atoms with Crippen LogP contribution in [-0.2, 0) is 9.53 Å². The average Bonchev–Trinajstić information content (AvgIpc) is 2.56. The highest BCUT2D eigenvalue weighted by Crippen LogP contribution is 2.18. The second-order valence-electron chi connectivity index (χ2n) is 6.96. The third-order valence-electron chi connectivity index (χ3n) is 3.40. The van der Waals surface area contributed by atoms with E-state index >= 15 is 0 Å². The van der Waals surface area contributed by atoms with Gasteiger partial charge in [-0.2, -0.15) is 0 Å². The maximum absolute atomic E-state index is 12.4. The van der Waals surface area contributed by atoms with Crippen LogP contribution in [0.15, 0.2) is 60.2 Å². The number of hydrogen-bond donors (Lipinski definition) is 3. The highest BCUT2D eigenvalue weighted by Gasteiger charge is 2.15. The maximum atomic E-state index is 12.4. The summed E-state index contributed by atoms with van der Waals surface area (Å²) < 4.78 is 5.16. The molecule has 4 N–H and O–H groups in total. The Bertz CT molecular complexity index is 743. The van der Waals surface area contributed by atoms with Crippen LogP contribution in [0.4, 0.5) is 16.2 Å². The molecule has 146 valence electrons. The van der Waals surface area contributed by atoms with Gasteiger partial charge in [-0.15, -0.1) is 0 Å². The number of carbonyl (C=O) groups excluding carboxylic acids is 2. The standard InChI is InChI=1S/C21H29N3O3/c1-6-16(19(25)24-18-10-8-7-9-17(18)22)12-11-15(2)13-14-23-20(26)27-21(3,4)5/h6-12H,2,13-14,22H2,1,3-5H3,(H,23,26)(H,24,25)/b12-11-,16-6+. The summed E-state index contributed by atoms with van der Waals surface area (Å²) in [5, 5.41) is 5.45. The average molecular weight is 371 g/mol. The molecule has 2 amide bonds. The van der Waals surface area contributed by atoms with Gasteiger partial charge < -0.3 is 21.1 Å². The maximum Gasteiger partial charge on any atom is 0.407 e. The summed E-state index contributed by atoms with van der Waals surface area (Å²) in [4.78, 5) is 23.9. The number of para-hydroxylation sites is 2. The van der Waals surface area contributed by atoms with E-state index in [0.29, 0.717) is 29.9 Å². The number of benzene rings is 1. The number of rotatable bonds is 7. The molecule has 6 nitrogen and oxygen atoms in total. The van der Waals surface area contributed by atoms with Crippen LogP contribution in [0, 0.1) is 0 Å². The molecule has 0 unspecified atom stereocenters. The van der Waals surface area contributed by atoms with Gasteiger partial charge in [0, 0.05) is 12.1 Å². The SMILES string of the molecule is C=C(/C=C\C(=C/C)C(=O)Nc1ccccc1N)CCNC(=O)OC(C)(C)C. The predicted molar refractivity (Wildman–Crippen MR) is 110 cm³/mol. The van der Waals surface area contributed by atoms with Crippen LogP contribution in [0.3, 0.4) is 0 Å². The lowest BCUT2D eigenvalue weighted by atomic mass is 10.1. The molecule has 27 heavy (non-hydrogen) atoms. The highest BCUT2D eigenvalue weighted by molar-refractivity contribution is 6.07. The minimum Gasteiger partial charge on any atom is -0.444 e. The Labute approximate surface area is 161 Å². The van der Waals surface area contributed by atoms with Crippen LogP contribution in [0.2, 0.25) is 0 Å². The first kappa shape index (κ1) is 22.0. The van der Waals surface area contributed by atoms with Gasteiger partial charge in [0.25, 0.3) is 5.91 Å². The molecule has 6 heteroatoms. The van der Waals surface area contributed by atoms with E-state index in [-0.39, 0.29) is 5.91 Å². The molecule has 0 atom stereocenters. The Morgan fingerprint density at radius 1 is 1.22 bits per heavy atom. The molecule has 0 aromatic heterocycles. The number of hydrogen-bond acceptors (Lipinski definition) is 4. The first-order chi connectivity index (χ1) is 12.6. The van der Waals surface area contributed by atoms with Crippen LogP contribution < -0.4 is 16.4 Å². The number of anilines is 2. The van der Waals surface area contributed by atoms with E-state index in [9.17, 15) is 9.59 Å². The van der Waals surface area contributed by atoms with Gasteiger partial charge in [0.05, 0.1) is 11.4 Å². The summed E-state index contributed by atoms with van der Waals surface area (Å²) in [6, 6.07) is 7.07. The quantitative estimate of drug-likeness (QED) is 0.381. The summed E-state index contributed by atoms with van der Waals surface area (Å²) in [5.74, 6) is -0.258. The number of ether oxygens (including phenoxy) is 1. The Balaban J connectivity index is 2.51. The van der Waals surface area contributed by atoms with E-state index in [1.54, 1.807) is 70.2 Å². The first-order valence-electron chi connectivity index (χ1n) is 8.77. The van der Waals surface area contributed by atoms with Gasteiger partial charge in [-0.3, -0.25) is 4.79 Å². The Morgan fingerprint density at radius 2 is 1.89 bits per heavy atom. The van der Waals surface area contributed by atoms with Crippen molar-refractivity contribution in [3.8, 4) is 0 Å². The van der Waals surface area contributed by atoms with Gasteiger partial charge in [0.1, 0.15) is 5.60 Å². The first-order valence-corrected chi connectivity index (χ1v) is 8.77. The van der Waals surface area contributed by atoms with Crippen molar-refractivity contribution in [3.05, 3.63) is 60.2 Å². The number of nitrogens with one attached hydrogen (secondary N) is 2. The smallest absolute Gasteiger partial charge is 0.407 e. The fraction of sp³-hybridized carbons (Fsp3) is 0.333. The molecule has 0 fully saturated rings. The third kappa shape index (κ3) is 8.76. The number of allylic oxidation sites excluding steroid dienone is 2. The van der Waals surface area contributed by atoms with Crippen LogP contribution in [0.25, 0.3) is 0 Å². The Hall–Kier alpha value is -3.02. The van der Waals surface area contributed by atoms with Gasteiger partial charge in [0.2, 0.25) is 0 Å². The lowest BCUT2D eigenvalue weighted by Gasteiger charge is -2.19. The molecule has 1 aromatic carbocycles. The molecule has 0 aliphatic rings.